The van der Waals surface area contributed by atoms with E-state index in [0.29, 0.717) is 29.0 Å². The summed E-state index contributed by atoms with van der Waals surface area (Å²) in [4.78, 5) is 12.6. The monoisotopic (exact) mass is 559 g/mol. The first-order valence-electron chi connectivity index (χ1n) is 12.1. The van der Waals surface area contributed by atoms with Gasteiger partial charge in [-0.3, -0.25) is 4.79 Å². The fraction of sp³-hybridized carbons (Fsp3) is 0.259. The van der Waals surface area contributed by atoms with Crippen LogP contribution in [0.4, 0.5) is 18.9 Å². The Bertz CT molecular complexity index is 1630. The van der Waals surface area contributed by atoms with Crippen molar-refractivity contribution in [2.75, 3.05) is 16.8 Å². The first kappa shape index (κ1) is 26.5. The van der Waals surface area contributed by atoms with Crippen LogP contribution in [0.15, 0.2) is 82.2 Å². The van der Waals surface area contributed by atoms with Gasteiger partial charge in [-0.2, -0.15) is 0 Å². The maximum atomic E-state index is 12.6. The summed E-state index contributed by atoms with van der Waals surface area (Å²) in [6.07, 6.45) is -1.73. The Kier molecular flexibility index (Phi) is 7.21. The van der Waals surface area contributed by atoms with Crippen molar-refractivity contribution in [3.8, 4) is 28.3 Å². The molecule has 5 rings (SSSR count). The van der Waals surface area contributed by atoms with E-state index in [2.05, 4.69) is 15.2 Å². The van der Waals surface area contributed by atoms with Crippen molar-refractivity contribution >= 4 is 15.5 Å². The summed E-state index contributed by atoms with van der Waals surface area (Å²) >= 11 is 0. The van der Waals surface area contributed by atoms with Crippen LogP contribution in [0.2, 0.25) is 0 Å². The standard InChI is InChI=1S/C27H24F3N3O5S/c28-27(29,30)37-23-9-6-19(7-10-23)24-14-25(38-32-24)20-8-11-26(34)33(16-20)15-18-3-1-4-21(13-18)31-22-5-2-12-39(35,36)17-22/h1,3-4,6-11,13-14,16,22,31H,2,5,12,15,17H2. The SMILES string of the molecule is O=c1ccc(-c2cc(-c3ccc(OC(F)(F)F)cc3)no2)cn1Cc1cccc(NC2CCCS(=O)(=O)C2)c1. The Morgan fingerprint density at radius 2 is 1.82 bits per heavy atom. The molecule has 2 aromatic carbocycles. The predicted molar refractivity (Wildman–Crippen MR) is 139 cm³/mol. The van der Waals surface area contributed by atoms with Crippen LogP contribution in [0, 0.1) is 0 Å². The van der Waals surface area contributed by atoms with E-state index >= 15 is 0 Å². The number of nitrogens with zero attached hydrogens (tertiary/aromatic N) is 2. The molecule has 2 aromatic heterocycles. The van der Waals surface area contributed by atoms with Crippen LogP contribution in [0.1, 0.15) is 18.4 Å². The van der Waals surface area contributed by atoms with Crippen LogP contribution >= 0.6 is 0 Å². The molecule has 1 saturated heterocycles. The second-order valence-corrected chi connectivity index (χ2v) is 11.6. The van der Waals surface area contributed by atoms with Gasteiger partial charge in [0.1, 0.15) is 11.4 Å². The topological polar surface area (TPSA) is 103 Å². The molecule has 8 nitrogen and oxygen atoms in total. The van der Waals surface area contributed by atoms with E-state index in [-0.39, 0.29) is 35.4 Å². The lowest BCUT2D eigenvalue weighted by Crippen LogP contribution is -2.34. The summed E-state index contributed by atoms with van der Waals surface area (Å²) in [6, 6.07) is 17.2. The van der Waals surface area contributed by atoms with Crippen molar-refractivity contribution in [3.63, 3.8) is 0 Å². The number of ether oxygens (including phenoxy) is 1. The molecule has 1 N–H and O–H groups in total. The first-order chi connectivity index (χ1) is 18.5. The number of sulfone groups is 1. The van der Waals surface area contributed by atoms with Crippen LogP contribution in [0.25, 0.3) is 22.6 Å². The number of anilines is 1. The second kappa shape index (κ2) is 10.6. The Morgan fingerprint density at radius 3 is 2.56 bits per heavy atom. The predicted octanol–water partition coefficient (Wildman–Crippen LogP) is 5.11. The highest BCUT2D eigenvalue weighted by atomic mass is 32.2. The van der Waals surface area contributed by atoms with Gasteiger partial charge in [0.25, 0.3) is 5.56 Å². The summed E-state index contributed by atoms with van der Waals surface area (Å²) in [6.45, 7) is 0.271. The van der Waals surface area contributed by atoms with Gasteiger partial charge >= 0.3 is 6.36 Å². The summed E-state index contributed by atoms with van der Waals surface area (Å²) in [5.41, 5.74) is 2.93. The third kappa shape index (κ3) is 6.88. The Balaban J connectivity index is 1.31. The third-order valence-electron chi connectivity index (χ3n) is 6.28. The average Bonchev–Trinajstić information content (AvgIpc) is 3.35. The lowest BCUT2D eigenvalue weighted by Gasteiger charge is -2.24. The molecule has 0 amide bonds. The number of pyridine rings is 1. The maximum Gasteiger partial charge on any atom is 0.573 e. The molecule has 1 aliphatic heterocycles. The quantitative estimate of drug-likeness (QED) is 0.336. The smallest absolute Gasteiger partial charge is 0.406 e. The van der Waals surface area contributed by atoms with Gasteiger partial charge in [-0.1, -0.05) is 17.3 Å². The van der Waals surface area contributed by atoms with Gasteiger partial charge in [0, 0.05) is 41.2 Å². The van der Waals surface area contributed by atoms with Crippen LogP contribution < -0.4 is 15.6 Å². The van der Waals surface area contributed by atoms with E-state index in [1.165, 1.54) is 34.9 Å². The first-order valence-corrected chi connectivity index (χ1v) is 13.9. The van der Waals surface area contributed by atoms with Crippen molar-refractivity contribution in [3.05, 3.63) is 88.8 Å². The number of rotatable bonds is 7. The van der Waals surface area contributed by atoms with Gasteiger partial charge in [-0.05, 0) is 60.9 Å². The molecule has 1 aliphatic rings. The zero-order valence-electron chi connectivity index (χ0n) is 20.5. The highest BCUT2D eigenvalue weighted by Gasteiger charge is 2.31. The van der Waals surface area contributed by atoms with Gasteiger partial charge in [0.15, 0.2) is 15.6 Å². The molecule has 39 heavy (non-hydrogen) atoms. The van der Waals surface area contributed by atoms with E-state index in [9.17, 15) is 26.4 Å². The Labute approximate surface area is 221 Å². The molecule has 1 atom stereocenters. The number of hydrogen-bond acceptors (Lipinski definition) is 7. The van der Waals surface area contributed by atoms with E-state index in [1.54, 1.807) is 18.3 Å². The normalized spacial score (nSPS) is 17.1. The van der Waals surface area contributed by atoms with Crippen molar-refractivity contribution < 1.29 is 30.8 Å². The van der Waals surface area contributed by atoms with Gasteiger partial charge in [-0.15, -0.1) is 13.2 Å². The summed E-state index contributed by atoms with van der Waals surface area (Å²) in [5, 5.41) is 7.30. The van der Waals surface area contributed by atoms with Crippen LogP contribution in [-0.4, -0.2) is 42.1 Å². The summed E-state index contributed by atoms with van der Waals surface area (Å²) in [5.74, 6) is 0.359. The zero-order chi connectivity index (χ0) is 27.6. The molecule has 1 fully saturated rings. The fourth-order valence-corrected chi connectivity index (χ4v) is 6.14. The van der Waals surface area contributed by atoms with Crippen LogP contribution in [0.5, 0.6) is 5.75 Å². The number of hydrogen-bond donors (Lipinski definition) is 1. The van der Waals surface area contributed by atoms with Crippen molar-refractivity contribution in [1.82, 2.24) is 9.72 Å². The number of nitrogens with one attached hydrogen (secondary N) is 1. The fourth-order valence-electron chi connectivity index (χ4n) is 4.50. The maximum absolute atomic E-state index is 12.6. The molecule has 0 spiro atoms. The van der Waals surface area contributed by atoms with Crippen LogP contribution in [-0.2, 0) is 16.4 Å². The molecule has 1 unspecified atom stereocenters. The molecule has 0 radical (unpaired) electrons. The zero-order valence-corrected chi connectivity index (χ0v) is 21.3. The van der Waals surface area contributed by atoms with E-state index in [1.807, 2.05) is 24.3 Å². The van der Waals surface area contributed by atoms with Gasteiger partial charge in [-0.25, -0.2) is 8.42 Å². The molecular weight excluding hydrogens is 535 g/mol. The molecule has 0 bridgehead atoms. The largest absolute Gasteiger partial charge is 0.573 e. The Hall–Kier alpha value is -4.06. The van der Waals surface area contributed by atoms with Crippen LogP contribution in [0.3, 0.4) is 0 Å². The van der Waals surface area contributed by atoms with Crippen molar-refractivity contribution in [2.24, 2.45) is 0 Å². The van der Waals surface area contributed by atoms with E-state index in [0.717, 1.165) is 17.7 Å². The van der Waals surface area contributed by atoms with Gasteiger partial charge < -0.3 is 19.1 Å². The molecule has 3 heterocycles. The number of aromatic nitrogens is 2. The number of benzene rings is 2. The minimum absolute atomic E-state index is 0.101. The molecular formula is C27H24F3N3O5S. The molecule has 12 heteroatoms. The average molecular weight is 560 g/mol. The summed E-state index contributed by atoms with van der Waals surface area (Å²) in [7, 11) is -3.04. The lowest BCUT2D eigenvalue weighted by molar-refractivity contribution is -0.274. The van der Waals surface area contributed by atoms with Crippen molar-refractivity contribution in [2.45, 2.75) is 31.8 Å². The summed E-state index contributed by atoms with van der Waals surface area (Å²) < 4.78 is 72.0. The molecule has 0 aliphatic carbocycles. The van der Waals surface area contributed by atoms with E-state index < -0.39 is 16.2 Å². The minimum Gasteiger partial charge on any atom is -0.406 e. The van der Waals surface area contributed by atoms with Gasteiger partial charge in [0.05, 0.1) is 18.1 Å². The highest BCUT2D eigenvalue weighted by Crippen LogP contribution is 2.29. The minimum atomic E-state index is -4.78. The highest BCUT2D eigenvalue weighted by molar-refractivity contribution is 7.91. The molecule has 0 saturated carbocycles. The van der Waals surface area contributed by atoms with E-state index in [4.69, 9.17) is 4.52 Å². The third-order valence-corrected chi connectivity index (χ3v) is 8.10. The Morgan fingerprint density at radius 1 is 1.05 bits per heavy atom. The number of alkyl halides is 3. The molecule has 4 aromatic rings. The molecule has 204 valence electrons. The van der Waals surface area contributed by atoms with Gasteiger partial charge in [0.2, 0.25) is 0 Å². The lowest BCUT2D eigenvalue weighted by atomic mass is 10.1. The second-order valence-electron chi connectivity index (χ2n) is 9.33. The van der Waals surface area contributed by atoms with Crippen molar-refractivity contribution in [1.29, 1.82) is 0 Å². The number of halogens is 3.